The van der Waals surface area contributed by atoms with Gasteiger partial charge in [0, 0.05) is 45.4 Å². The van der Waals surface area contributed by atoms with Crippen LogP contribution < -0.4 is 0 Å². The molecule has 3 rings (SSSR count). The van der Waals surface area contributed by atoms with Gasteiger partial charge < -0.3 is 34.1 Å². The van der Waals surface area contributed by atoms with Crippen molar-refractivity contribution in [1.29, 1.82) is 0 Å². The van der Waals surface area contributed by atoms with Crippen LogP contribution in [0.3, 0.4) is 0 Å². The molecule has 2 bridgehead atoms. The van der Waals surface area contributed by atoms with E-state index in [1.807, 2.05) is 19.9 Å². The molecule has 11 heteroatoms. The lowest BCUT2D eigenvalue weighted by atomic mass is 9.82. The number of amides is 1. The van der Waals surface area contributed by atoms with Crippen molar-refractivity contribution >= 4 is 23.4 Å². The van der Waals surface area contributed by atoms with E-state index in [9.17, 15) is 29.4 Å². The van der Waals surface area contributed by atoms with Crippen LogP contribution in [0, 0.1) is 17.8 Å². The van der Waals surface area contributed by atoms with Crippen LogP contribution in [0.2, 0.25) is 0 Å². The molecule has 3 heterocycles. The fraction of sp³-hybridized carbons (Fsp3) is 0.806. The molecular formula is C31H49NO10. The fourth-order valence-corrected chi connectivity index (χ4v) is 6.27. The molecular weight excluding hydrogens is 546 g/mol. The molecule has 0 radical (unpaired) electrons. The van der Waals surface area contributed by atoms with Gasteiger partial charge in [0.05, 0.1) is 24.9 Å². The molecule has 0 aromatic rings. The van der Waals surface area contributed by atoms with Crippen LogP contribution in [0.4, 0.5) is 0 Å². The second-order valence-electron chi connectivity index (χ2n) is 12.5. The summed E-state index contributed by atoms with van der Waals surface area (Å²) < 4.78 is 23.1. The van der Waals surface area contributed by atoms with E-state index in [-0.39, 0.29) is 44.1 Å². The monoisotopic (exact) mass is 595 g/mol. The number of esters is 1. The number of fused-ring (bicyclic) bond motifs is 3. The number of Topliss-reactive ketones (excluding diaryl/α,β-unsaturated/α-hetero) is 2. The Bertz CT molecular complexity index is 1010. The second-order valence-corrected chi connectivity index (χ2v) is 12.5. The minimum absolute atomic E-state index is 0.0689. The Morgan fingerprint density at radius 3 is 2.33 bits per heavy atom. The third-order valence-corrected chi connectivity index (χ3v) is 9.03. The van der Waals surface area contributed by atoms with Gasteiger partial charge >= 0.3 is 5.97 Å². The summed E-state index contributed by atoms with van der Waals surface area (Å²) in [6.07, 6.45) is 2.02. The van der Waals surface area contributed by atoms with E-state index in [1.165, 1.54) is 14.2 Å². The quantitative estimate of drug-likeness (QED) is 0.277. The second kappa shape index (κ2) is 15.0. The average Bonchev–Trinajstić information content (AvgIpc) is 2.97. The summed E-state index contributed by atoms with van der Waals surface area (Å²) in [7, 11) is 3.05. The van der Waals surface area contributed by atoms with Crippen LogP contribution in [0.15, 0.2) is 11.6 Å². The Hall–Kier alpha value is -2.18. The standard InChI is InChI=1S/C31H49NO10/c1-18-10-11-22(33)16-24(34)20(3)17-41-30(37)23-9-7-8-12-32(23)29(36)28(35)31(38)21(4)15-26(40-6)27(42-31)25(39-5)14-19(2)13-18/h10,19-21,23-27,34,38H,7-9,11-17H2,1-6H3. The average molecular weight is 596 g/mol. The lowest BCUT2D eigenvalue weighted by molar-refractivity contribution is -0.302. The van der Waals surface area contributed by atoms with E-state index < -0.39 is 65.7 Å². The van der Waals surface area contributed by atoms with Crippen molar-refractivity contribution in [3.8, 4) is 0 Å². The highest BCUT2D eigenvalue weighted by molar-refractivity contribution is 6.39. The van der Waals surface area contributed by atoms with Crippen LogP contribution in [-0.4, -0.2) is 102 Å². The van der Waals surface area contributed by atoms with Gasteiger partial charge in [-0.15, -0.1) is 0 Å². The molecule has 0 aromatic carbocycles. The van der Waals surface area contributed by atoms with Gasteiger partial charge in [-0.05, 0) is 51.4 Å². The smallest absolute Gasteiger partial charge is 0.328 e. The Labute approximate surface area is 248 Å². The van der Waals surface area contributed by atoms with Gasteiger partial charge in [0.15, 0.2) is 0 Å². The number of aliphatic hydroxyl groups is 2. The molecule has 9 atom stereocenters. The first kappa shape index (κ1) is 34.3. The van der Waals surface area contributed by atoms with Crippen LogP contribution >= 0.6 is 0 Å². The molecule has 238 valence electrons. The van der Waals surface area contributed by atoms with E-state index in [0.717, 1.165) is 10.5 Å². The number of nitrogens with zero attached hydrogens (tertiary/aromatic N) is 1. The Morgan fingerprint density at radius 2 is 1.67 bits per heavy atom. The van der Waals surface area contributed by atoms with Gasteiger partial charge in [0.2, 0.25) is 5.79 Å². The maximum absolute atomic E-state index is 13.7. The fourth-order valence-electron chi connectivity index (χ4n) is 6.27. The zero-order valence-corrected chi connectivity index (χ0v) is 25.9. The van der Waals surface area contributed by atoms with Crippen LogP contribution in [0.25, 0.3) is 0 Å². The first-order chi connectivity index (χ1) is 19.8. The molecule has 2 N–H and O–H groups in total. The van der Waals surface area contributed by atoms with Gasteiger partial charge in [-0.2, -0.15) is 0 Å². The number of carbonyl (C=O) groups excluding carboxylic acids is 4. The Morgan fingerprint density at radius 1 is 1.00 bits per heavy atom. The minimum Gasteiger partial charge on any atom is -0.464 e. The number of ether oxygens (including phenoxy) is 4. The number of cyclic esters (lactones) is 1. The van der Waals surface area contributed by atoms with Crippen molar-refractivity contribution in [2.45, 2.75) is 115 Å². The maximum Gasteiger partial charge on any atom is 0.328 e. The molecule has 11 nitrogen and oxygen atoms in total. The Balaban J connectivity index is 1.96. The molecule has 2 saturated heterocycles. The molecule has 0 spiro atoms. The number of carbonyl (C=O) groups is 4. The number of piperidine rings is 1. The van der Waals surface area contributed by atoms with E-state index in [1.54, 1.807) is 13.8 Å². The minimum atomic E-state index is -2.43. The number of ketones is 2. The third kappa shape index (κ3) is 8.05. The normalized spacial score (nSPS) is 38.7. The first-order valence-electron chi connectivity index (χ1n) is 15.1. The molecule has 0 aliphatic carbocycles. The van der Waals surface area contributed by atoms with Crippen LogP contribution in [0.1, 0.15) is 79.1 Å². The van der Waals surface area contributed by atoms with E-state index in [0.29, 0.717) is 32.1 Å². The van der Waals surface area contributed by atoms with Gasteiger partial charge in [-0.1, -0.05) is 32.4 Å². The number of methoxy groups -OCH3 is 2. The van der Waals surface area contributed by atoms with Crippen LogP contribution in [0.5, 0.6) is 0 Å². The molecule has 3 aliphatic heterocycles. The van der Waals surface area contributed by atoms with E-state index in [2.05, 4.69) is 0 Å². The van der Waals surface area contributed by atoms with E-state index in [4.69, 9.17) is 18.9 Å². The zero-order chi connectivity index (χ0) is 31.2. The Kier molecular flexibility index (Phi) is 12.3. The summed E-state index contributed by atoms with van der Waals surface area (Å²) in [6, 6.07) is -1.01. The van der Waals surface area contributed by atoms with Gasteiger partial charge in [0.1, 0.15) is 17.9 Å². The lowest BCUT2D eigenvalue weighted by Crippen LogP contribution is -2.64. The number of hydrogen-bond acceptors (Lipinski definition) is 10. The number of hydrogen-bond donors (Lipinski definition) is 2. The number of allylic oxidation sites excluding steroid dienone is 2. The summed E-state index contributed by atoms with van der Waals surface area (Å²) in [5, 5.41) is 22.2. The van der Waals surface area contributed by atoms with Crippen molar-refractivity contribution in [3.63, 3.8) is 0 Å². The summed E-state index contributed by atoms with van der Waals surface area (Å²) >= 11 is 0. The molecule has 9 unspecified atom stereocenters. The van der Waals surface area contributed by atoms with Crippen molar-refractivity contribution in [3.05, 3.63) is 11.6 Å². The predicted molar refractivity (Wildman–Crippen MR) is 152 cm³/mol. The highest BCUT2D eigenvalue weighted by Crippen LogP contribution is 2.38. The molecule has 42 heavy (non-hydrogen) atoms. The largest absolute Gasteiger partial charge is 0.464 e. The number of rotatable bonds is 2. The SMILES string of the molecule is COC1CC(C)CC(C)=CCC(=O)CC(O)C(C)COC(=O)C2CCCCN2C(=O)C(=O)C2(O)OC1C(OC)CC2C. The summed E-state index contributed by atoms with van der Waals surface area (Å²) in [6.45, 7) is 7.29. The summed E-state index contributed by atoms with van der Waals surface area (Å²) in [5.74, 6) is -6.59. The highest BCUT2D eigenvalue weighted by Gasteiger charge is 2.56. The lowest BCUT2D eigenvalue weighted by Gasteiger charge is -2.47. The van der Waals surface area contributed by atoms with Crippen molar-refractivity contribution < 1.29 is 48.3 Å². The van der Waals surface area contributed by atoms with Gasteiger partial charge in [-0.25, -0.2) is 4.79 Å². The highest BCUT2D eigenvalue weighted by atomic mass is 16.7. The van der Waals surface area contributed by atoms with Gasteiger partial charge in [0.25, 0.3) is 11.7 Å². The van der Waals surface area contributed by atoms with E-state index >= 15 is 0 Å². The summed E-state index contributed by atoms with van der Waals surface area (Å²) in [5.41, 5.74) is 1.00. The topological polar surface area (TPSA) is 149 Å². The first-order valence-corrected chi connectivity index (χ1v) is 15.1. The van der Waals surface area contributed by atoms with Crippen LogP contribution in [-0.2, 0) is 38.1 Å². The maximum atomic E-state index is 13.7. The summed E-state index contributed by atoms with van der Waals surface area (Å²) in [4.78, 5) is 54.2. The van der Waals surface area contributed by atoms with Crippen molar-refractivity contribution in [2.75, 3.05) is 27.4 Å². The molecule has 0 aromatic heterocycles. The molecule has 0 saturated carbocycles. The van der Waals surface area contributed by atoms with Crippen molar-refractivity contribution in [2.24, 2.45) is 17.8 Å². The van der Waals surface area contributed by atoms with Gasteiger partial charge in [-0.3, -0.25) is 14.4 Å². The third-order valence-electron chi connectivity index (χ3n) is 9.03. The zero-order valence-electron chi connectivity index (χ0n) is 25.9. The predicted octanol–water partition coefficient (Wildman–Crippen LogP) is 2.35. The van der Waals surface area contributed by atoms with Crippen molar-refractivity contribution in [1.82, 2.24) is 4.90 Å². The number of aliphatic hydroxyl groups excluding tert-OH is 1. The molecule has 3 aliphatic rings. The molecule has 2 fully saturated rings. The molecule has 1 amide bonds.